The van der Waals surface area contributed by atoms with Crippen molar-refractivity contribution < 1.29 is 18.7 Å². The fourth-order valence-corrected chi connectivity index (χ4v) is 2.51. The molecule has 0 saturated carbocycles. The quantitative estimate of drug-likeness (QED) is 0.818. The molecule has 2 rings (SSSR count). The van der Waals surface area contributed by atoms with Gasteiger partial charge in [0, 0.05) is 5.56 Å². The van der Waals surface area contributed by atoms with Gasteiger partial charge in [0.25, 0.3) is 5.91 Å². The Bertz CT molecular complexity index is 769. The molecule has 0 heterocycles. The highest BCUT2D eigenvalue weighted by molar-refractivity contribution is 6.33. The molecule has 2 aromatic carbocycles. The van der Waals surface area contributed by atoms with E-state index < -0.39 is 17.8 Å². The lowest BCUT2D eigenvalue weighted by Gasteiger charge is -2.18. The lowest BCUT2D eigenvalue weighted by atomic mass is 10.1. The molecule has 4 nitrogen and oxygen atoms in total. The highest BCUT2D eigenvalue weighted by atomic mass is 35.5. The number of carbonyl (C=O) groups is 2. The Morgan fingerprint density at radius 3 is 2.42 bits per heavy atom. The number of rotatable bonds is 5. The number of anilines is 1. The predicted octanol–water partition coefficient (Wildman–Crippen LogP) is 4.31. The number of hydrogen-bond donors (Lipinski definition) is 1. The van der Waals surface area contributed by atoms with E-state index in [4.69, 9.17) is 16.3 Å². The summed E-state index contributed by atoms with van der Waals surface area (Å²) in [6.07, 6.45) is -0.0400. The lowest BCUT2D eigenvalue weighted by Crippen LogP contribution is -2.30. The molecular weight excluding hydrogens is 333 g/mol. The number of ether oxygens (including phenoxy) is 1. The highest BCUT2D eigenvalue weighted by Gasteiger charge is 2.18. The molecule has 126 valence electrons. The highest BCUT2D eigenvalue weighted by Crippen LogP contribution is 2.26. The van der Waals surface area contributed by atoms with Gasteiger partial charge in [-0.1, -0.05) is 11.6 Å². The lowest BCUT2D eigenvalue weighted by molar-refractivity contribution is -0.122. The van der Waals surface area contributed by atoms with E-state index in [1.165, 1.54) is 12.1 Å². The van der Waals surface area contributed by atoms with Crippen LogP contribution in [0, 0.1) is 19.7 Å². The Hall–Kier alpha value is -2.40. The average Bonchev–Trinajstić information content (AvgIpc) is 2.52. The van der Waals surface area contributed by atoms with Crippen LogP contribution in [0.1, 0.15) is 28.4 Å². The molecule has 0 spiro atoms. The van der Waals surface area contributed by atoms with Crippen molar-refractivity contribution in [2.75, 3.05) is 5.32 Å². The van der Waals surface area contributed by atoms with E-state index in [0.717, 1.165) is 23.5 Å². The molecule has 1 amide bonds. The van der Waals surface area contributed by atoms with E-state index in [1.807, 2.05) is 0 Å². The van der Waals surface area contributed by atoms with Crippen LogP contribution >= 0.6 is 11.6 Å². The second-order valence-corrected chi connectivity index (χ2v) is 5.88. The second-order valence-electron chi connectivity index (χ2n) is 5.48. The minimum absolute atomic E-state index is 0.109. The summed E-state index contributed by atoms with van der Waals surface area (Å²) in [6.45, 7) is 5.20. The van der Waals surface area contributed by atoms with Crippen LogP contribution in [0.3, 0.4) is 0 Å². The van der Waals surface area contributed by atoms with Crippen molar-refractivity contribution in [1.82, 2.24) is 0 Å². The molecule has 0 aliphatic heterocycles. The predicted molar refractivity (Wildman–Crippen MR) is 91.4 cm³/mol. The van der Waals surface area contributed by atoms with Crippen molar-refractivity contribution in [1.29, 1.82) is 0 Å². The van der Waals surface area contributed by atoms with Crippen molar-refractivity contribution in [3.05, 3.63) is 57.9 Å². The van der Waals surface area contributed by atoms with Crippen molar-refractivity contribution in [2.45, 2.75) is 26.9 Å². The SMILES string of the molecule is Cc1cc(C=O)cc(C)c1O[C@@H](C)C(=O)Nc1ccc(F)cc1Cl. The minimum Gasteiger partial charge on any atom is -0.480 e. The van der Waals surface area contributed by atoms with Gasteiger partial charge in [0.15, 0.2) is 6.10 Å². The number of aldehydes is 1. The Kier molecular flexibility index (Phi) is 5.57. The first kappa shape index (κ1) is 17.9. The Morgan fingerprint density at radius 1 is 1.25 bits per heavy atom. The molecule has 24 heavy (non-hydrogen) atoms. The van der Waals surface area contributed by atoms with Crippen LogP contribution in [-0.4, -0.2) is 18.3 Å². The Labute approximate surface area is 144 Å². The van der Waals surface area contributed by atoms with E-state index >= 15 is 0 Å². The first-order chi connectivity index (χ1) is 11.3. The maximum Gasteiger partial charge on any atom is 0.265 e. The van der Waals surface area contributed by atoms with Gasteiger partial charge >= 0.3 is 0 Å². The molecule has 0 unspecified atom stereocenters. The summed E-state index contributed by atoms with van der Waals surface area (Å²) in [4.78, 5) is 23.1. The zero-order valence-corrected chi connectivity index (χ0v) is 14.3. The molecule has 6 heteroatoms. The summed E-state index contributed by atoms with van der Waals surface area (Å²) in [5, 5.41) is 2.71. The van der Waals surface area contributed by atoms with Crippen molar-refractivity contribution in [3.63, 3.8) is 0 Å². The molecular formula is C18H17ClFNO3. The molecule has 1 N–H and O–H groups in total. The smallest absolute Gasteiger partial charge is 0.265 e. The number of amides is 1. The van der Waals surface area contributed by atoms with Crippen LogP contribution in [0.15, 0.2) is 30.3 Å². The molecule has 0 aliphatic rings. The van der Waals surface area contributed by atoms with Gasteiger partial charge in [0.2, 0.25) is 0 Å². The van der Waals surface area contributed by atoms with Crippen molar-refractivity contribution >= 4 is 29.5 Å². The maximum atomic E-state index is 13.0. The number of benzene rings is 2. The summed E-state index contributed by atoms with van der Waals surface area (Å²) in [6, 6.07) is 7.10. The molecule has 0 bridgehead atoms. The van der Waals surface area contributed by atoms with Gasteiger partial charge in [0.05, 0.1) is 10.7 Å². The van der Waals surface area contributed by atoms with E-state index in [0.29, 0.717) is 17.0 Å². The Morgan fingerprint density at radius 2 is 1.88 bits per heavy atom. The fourth-order valence-electron chi connectivity index (χ4n) is 2.29. The zero-order chi connectivity index (χ0) is 17.9. The molecule has 0 aliphatic carbocycles. The largest absolute Gasteiger partial charge is 0.480 e. The van der Waals surface area contributed by atoms with E-state index in [1.54, 1.807) is 32.9 Å². The fraction of sp³-hybridized carbons (Fsp3) is 0.222. The molecule has 0 aromatic heterocycles. The molecule has 0 fully saturated rings. The number of aryl methyl sites for hydroxylation is 2. The first-order valence-electron chi connectivity index (χ1n) is 7.31. The number of carbonyl (C=O) groups excluding carboxylic acids is 2. The number of hydrogen-bond acceptors (Lipinski definition) is 3. The maximum absolute atomic E-state index is 13.0. The molecule has 2 aromatic rings. The summed E-state index contributed by atoms with van der Waals surface area (Å²) in [5.74, 6) is -0.348. The molecule has 1 atom stereocenters. The number of nitrogens with one attached hydrogen (secondary N) is 1. The van der Waals surface area contributed by atoms with E-state index in [9.17, 15) is 14.0 Å². The Balaban J connectivity index is 2.13. The van der Waals surface area contributed by atoms with Crippen LogP contribution in [0.5, 0.6) is 5.75 Å². The van der Waals surface area contributed by atoms with Crippen LogP contribution < -0.4 is 10.1 Å². The van der Waals surface area contributed by atoms with Gasteiger partial charge in [-0.2, -0.15) is 0 Å². The third-order valence-electron chi connectivity index (χ3n) is 3.47. The van der Waals surface area contributed by atoms with Gasteiger partial charge in [-0.15, -0.1) is 0 Å². The van der Waals surface area contributed by atoms with Gasteiger partial charge in [-0.05, 0) is 62.2 Å². The van der Waals surface area contributed by atoms with Crippen molar-refractivity contribution in [2.24, 2.45) is 0 Å². The zero-order valence-electron chi connectivity index (χ0n) is 13.5. The summed E-state index contributed by atoms with van der Waals surface area (Å²) in [5.41, 5.74) is 2.38. The van der Waals surface area contributed by atoms with Gasteiger partial charge in [0.1, 0.15) is 17.9 Å². The van der Waals surface area contributed by atoms with Gasteiger partial charge < -0.3 is 10.1 Å². The van der Waals surface area contributed by atoms with E-state index in [2.05, 4.69) is 5.32 Å². The molecule has 0 radical (unpaired) electrons. The summed E-state index contributed by atoms with van der Waals surface area (Å²) in [7, 11) is 0. The second kappa shape index (κ2) is 7.45. The summed E-state index contributed by atoms with van der Waals surface area (Å²) >= 11 is 5.89. The third kappa shape index (κ3) is 4.11. The van der Waals surface area contributed by atoms with Crippen LogP contribution in [0.2, 0.25) is 5.02 Å². The normalized spacial score (nSPS) is 11.7. The van der Waals surface area contributed by atoms with Crippen LogP contribution in [0.4, 0.5) is 10.1 Å². The van der Waals surface area contributed by atoms with Crippen molar-refractivity contribution in [3.8, 4) is 5.75 Å². The monoisotopic (exact) mass is 349 g/mol. The van der Waals surface area contributed by atoms with Crippen LogP contribution in [-0.2, 0) is 4.79 Å². The third-order valence-corrected chi connectivity index (χ3v) is 3.78. The average molecular weight is 350 g/mol. The summed E-state index contributed by atoms with van der Waals surface area (Å²) < 4.78 is 18.8. The topological polar surface area (TPSA) is 55.4 Å². The first-order valence-corrected chi connectivity index (χ1v) is 7.68. The molecule has 0 saturated heterocycles. The minimum atomic E-state index is -0.800. The standard InChI is InChI=1S/C18H17ClFNO3/c1-10-6-13(9-22)7-11(2)17(10)24-12(3)18(23)21-16-5-4-14(20)8-15(16)19/h4-9,12H,1-3H3,(H,21,23)/t12-/m0/s1. The van der Waals surface area contributed by atoms with Gasteiger partial charge in [-0.3, -0.25) is 9.59 Å². The van der Waals surface area contributed by atoms with Crippen LogP contribution in [0.25, 0.3) is 0 Å². The van der Waals surface area contributed by atoms with Gasteiger partial charge in [-0.25, -0.2) is 4.39 Å². The number of halogens is 2. The van der Waals surface area contributed by atoms with E-state index in [-0.39, 0.29) is 5.02 Å².